The van der Waals surface area contributed by atoms with Crippen molar-refractivity contribution in [1.82, 2.24) is 5.32 Å². The molecule has 3 nitrogen and oxygen atoms in total. The molecule has 100 valence electrons. The van der Waals surface area contributed by atoms with Gasteiger partial charge >= 0.3 is 0 Å². The molecule has 1 aliphatic rings. The molecule has 1 aromatic carbocycles. The maximum Gasteiger partial charge on any atom is 0.0611 e. The highest BCUT2D eigenvalue weighted by Crippen LogP contribution is 2.32. The van der Waals surface area contributed by atoms with Crippen LogP contribution in [-0.4, -0.2) is 36.9 Å². The van der Waals surface area contributed by atoms with Gasteiger partial charge in [-0.1, -0.05) is 18.2 Å². The average molecular weight is 248 g/mol. The minimum atomic E-state index is -0.183. The fourth-order valence-corrected chi connectivity index (χ4v) is 2.62. The van der Waals surface area contributed by atoms with Crippen molar-refractivity contribution >= 4 is 5.69 Å². The second-order valence-corrected chi connectivity index (χ2v) is 5.59. The first kappa shape index (κ1) is 13.4. The van der Waals surface area contributed by atoms with Gasteiger partial charge in [0.05, 0.1) is 6.61 Å². The minimum Gasteiger partial charge on any atom is -0.394 e. The molecule has 18 heavy (non-hydrogen) atoms. The zero-order valence-electron chi connectivity index (χ0n) is 11.6. The van der Waals surface area contributed by atoms with Gasteiger partial charge in [-0.05, 0) is 45.4 Å². The van der Waals surface area contributed by atoms with Crippen molar-refractivity contribution in [3.8, 4) is 0 Å². The Morgan fingerprint density at radius 1 is 1.44 bits per heavy atom. The van der Waals surface area contributed by atoms with Gasteiger partial charge in [-0.25, -0.2) is 0 Å². The number of rotatable bonds is 5. The molecule has 0 radical (unpaired) electrons. The van der Waals surface area contributed by atoms with Gasteiger partial charge in [0.2, 0.25) is 0 Å². The zero-order valence-corrected chi connectivity index (χ0v) is 11.6. The summed E-state index contributed by atoms with van der Waals surface area (Å²) in [5.41, 5.74) is 2.62. The molecular weight excluding hydrogens is 224 g/mol. The Hall–Kier alpha value is -1.06. The van der Waals surface area contributed by atoms with Crippen molar-refractivity contribution in [1.29, 1.82) is 0 Å². The lowest BCUT2D eigenvalue weighted by molar-refractivity contribution is 0.175. The highest BCUT2D eigenvalue weighted by molar-refractivity contribution is 5.59. The van der Waals surface area contributed by atoms with Crippen LogP contribution in [0.4, 0.5) is 5.69 Å². The molecule has 2 rings (SSSR count). The summed E-state index contributed by atoms with van der Waals surface area (Å²) in [4.78, 5) is 2.46. The van der Waals surface area contributed by atoms with Crippen molar-refractivity contribution < 1.29 is 5.11 Å². The van der Waals surface area contributed by atoms with E-state index in [0.717, 1.165) is 19.4 Å². The third kappa shape index (κ3) is 2.52. The van der Waals surface area contributed by atoms with Gasteiger partial charge in [0.15, 0.2) is 0 Å². The SMILES string of the molecule is CNC(C)(CO)CCN1c2ccccc2CC1C. The molecule has 0 aliphatic carbocycles. The van der Waals surface area contributed by atoms with E-state index in [2.05, 4.69) is 48.3 Å². The minimum absolute atomic E-state index is 0.174. The van der Waals surface area contributed by atoms with Crippen molar-refractivity contribution in [2.24, 2.45) is 0 Å². The summed E-state index contributed by atoms with van der Waals surface area (Å²) in [7, 11) is 1.91. The molecule has 3 heteroatoms. The van der Waals surface area contributed by atoms with Crippen molar-refractivity contribution in [3.05, 3.63) is 29.8 Å². The Morgan fingerprint density at radius 3 is 2.83 bits per heavy atom. The van der Waals surface area contributed by atoms with Crippen LogP contribution in [0.1, 0.15) is 25.8 Å². The Balaban J connectivity index is 2.06. The van der Waals surface area contributed by atoms with Gasteiger partial charge < -0.3 is 15.3 Å². The molecule has 0 saturated heterocycles. The lowest BCUT2D eigenvalue weighted by atomic mass is 9.99. The lowest BCUT2D eigenvalue weighted by Gasteiger charge is -2.32. The van der Waals surface area contributed by atoms with Crippen LogP contribution in [0.25, 0.3) is 0 Å². The number of nitrogens with zero attached hydrogens (tertiary/aromatic N) is 1. The highest BCUT2D eigenvalue weighted by Gasteiger charge is 2.28. The Morgan fingerprint density at radius 2 is 2.17 bits per heavy atom. The number of aliphatic hydroxyl groups is 1. The third-order valence-corrected chi connectivity index (χ3v) is 4.21. The number of hydrogen-bond acceptors (Lipinski definition) is 3. The Bertz CT molecular complexity index is 401. The first-order valence-electron chi connectivity index (χ1n) is 6.74. The van der Waals surface area contributed by atoms with Crippen LogP contribution >= 0.6 is 0 Å². The second-order valence-electron chi connectivity index (χ2n) is 5.59. The summed E-state index contributed by atoms with van der Waals surface area (Å²) in [6, 6.07) is 9.19. The molecule has 2 atom stereocenters. The van der Waals surface area contributed by atoms with E-state index < -0.39 is 0 Å². The number of likely N-dealkylation sites (N-methyl/N-ethyl adjacent to an activating group) is 1. The molecule has 0 spiro atoms. The standard InChI is InChI=1S/C15H24N2O/c1-12-10-13-6-4-5-7-14(13)17(12)9-8-15(2,11-18)16-3/h4-7,12,16,18H,8-11H2,1-3H3. The average Bonchev–Trinajstić information content (AvgIpc) is 2.72. The van der Waals surface area contributed by atoms with E-state index in [4.69, 9.17) is 0 Å². The number of nitrogens with one attached hydrogen (secondary N) is 1. The fourth-order valence-electron chi connectivity index (χ4n) is 2.62. The van der Waals surface area contributed by atoms with Gasteiger partial charge in [0.1, 0.15) is 0 Å². The van der Waals surface area contributed by atoms with E-state index in [1.54, 1.807) is 0 Å². The zero-order chi connectivity index (χ0) is 13.2. The molecular formula is C15H24N2O. The van der Waals surface area contributed by atoms with E-state index in [9.17, 15) is 5.11 Å². The van der Waals surface area contributed by atoms with Crippen molar-refractivity contribution in [2.45, 2.75) is 38.3 Å². The smallest absolute Gasteiger partial charge is 0.0611 e. The molecule has 0 amide bonds. The number of fused-ring (bicyclic) bond motifs is 1. The summed E-state index contributed by atoms with van der Waals surface area (Å²) in [6.07, 6.45) is 2.07. The van der Waals surface area contributed by atoms with Crippen LogP contribution in [0.5, 0.6) is 0 Å². The van der Waals surface area contributed by atoms with E-state index in [1.165, 1.54) is 11.3 Å². The molecule has 0 aromatic heterocycles. The summed E-state index contributed by atoms with van der Waals surface area (Å²) < 4.78 is 0. The van der Waals surface area contributed by atoms with Crippen LogP contribution in [0.2, 0.25) is 0 Å². The normalized spacial score (nSPS) is 21.8. The van der Waals surface area contributed by atoms with Crippen molar-refractivity contribution in [2.75, 3.05) is 25.1 Å². The molecule has 2 N–H and O–H groups in total. The number of aliphatic hydroxyl groups excluding tert-OH is 1. The van der Waals surface area contributed by atoms with E-state index in [-0.39, 0.29) is 12.1 Å². The van der Waals surface area contributed by atoms with Crippen LogP contribution in [0.15, 0.2) is 24.3 Å². The molecule has 0 fully saturated rings. The monoisotopic (exact) mass is 248 g/mol. The second kappa shape index (κ2) is 5.29. The van der Waals surface area contributed by atoms with E-state index in [0.29, 0.717) is 6.04 Å². The Kier molecular flexibility index (Phi) is 3.93. The van der Waals surface area contributed by atoms with Crippen LogP contribution in [-0.2, 0) is 6.42 Å². The fraction of sp³-hybridized carbons (Fsp3) is 0.600. The summed E-state index contributed by atoms with van der Waals surface area (Å²) in [6.45, 7) is 5.50. The molecule has 1 heterocycles. The lowest BCUT2D eigenvalue weighted by Crippen LogP contribution is -2.46. The number of anilines is 1. The van der Waals surface area contributed by atoms with Gasteiger partial charge in [0.25, 0.3) is 0 Å². The first-order chi connectivity index (χ1) is 8.59. The van der Waals surface area contributed by atoms with Crippen LogP contribution < -0.4 is 10.2 Å². The highest BCUT2D eigenvalue weighted by atomic mass is 16.3. The number of hydrogen-bond donors (Lipinski definition) is 2. The van der Waals surface area contributed by atoms with E-state index >= 15 is 0 Å². The third-order valence-electron chi connectivity index (χ3n) is 4.21. The molecule has 1 aromatic rings. The molecule has 0 bridgehead atoms. The summed E-state index contributed by atoms with van der Waals surface area (Å²) in [5.74, 6) is 0. The van der Waals surface area contributed by atoms with Gasteiger partial charge in [-0.3, -0.25) is 0 Å². The van der Waals surface area contributed by atoms with Crippen LogP contribution in [0.3, 0.4) is 0 Å². The summed E-state index contributed by atoms with van der Waals surface area (Å²) in [5, 5.41) is 12.7. The maximum absolute atomic E-state index is 9.44. The predicted molar refractivity (Wildman–Crippen MR) is 76.1 cm³/mol. The molecule has 1 aliphatic heterocycles. The maximum atomic E-state index is 9.44. The van der Waals surface area contributed by atoms with Gasteiger partial charge in [-0.15, -0.1) is 0 Å². The van der Waals surface area contributed by atoms with E-state index in [1.807, 2.05) is 7.05 Å². The molecule has 2 unspecified atom stereocenters. The number of benzene rings is 1. The van der Waals surface area contributed by atoms with Crippen molar-refractivity contribution in [3.63, 3.8) is 0 Å². The van der Waals surface area contributed by atoms with Crippen LogP contribution in [0, 0.1) is 0 Å². The first-order valence-corrected chi connectivity index (χ1v) is 6.74. The largest absolute Gasteiger partial charge is 0.394 e. The van der Waals surface area contributed by atoms with Gasteiger partial charge in [-0.2, -0.15) is 0 Å². The number of para-hydroxylation sites is 1. The summed E-state index contributed by atoms with van der Waals surface area (Å²) >= 11 is 0. The Labute approximate surface area is 110 Å². The predicted octanol–water partition coefficient (Wildman–Crippen LogP) is 1.80. The quantitative estimate of drug-likeness (QED) is 0.834. The topological polar surface area (TPSA) is 35.5 Å². The van der Waals surface area contributed by atoms with Gasteiger partial charge in [0, 0.05) is 23.8 Å². The molecule has 0 saturated carbocycles.